The summed E-state index contributed by atoms with van der Waals surface area (Å²) in [7, 11) is 0. The van der Waals surface area contributed by atoms with Crippen LogP contribution in [0.4, 0.5) is 0 Å². The van der Waals surface area contributed by atoms with Gasteiger partial charge in [0, 0.05) is 12.2 Å². The number of carboxylic acids is 1. The largest absolute Gasteiger partial charge is 0.480 e. The van der Waals surface area contributed by atoms with Crippen molar-refractivity contribution in [1.29, 1.82) is 0 Å². The average molecular weight is 420 g/mol. The maximum Gasteiger partial charge on any atom is 0.322 e. The fraction of sp³-hybridized carbons (Fsp3) is 0.688. The molecule has 12 heteroatoms. The second-order valence-electron chi connectivity index (χ2n) is 6.33. The van der Waals surface area contributed by atoms with E-state index in [4.69, 9.17) is 16.6 Å². The van der Waals surface area contributed by atoms with Crippen LogP contribution >= 0.6 is 12.6 Å². The molecule has 0 heterocycles. The van der Waals surface area contributed by atoms with E-state index in [1.54, 1.807) is 6.92 Å². The smallest absolute Gasteiger partial charge is 0.322 e. The van der Waals surface area contributed by atoms with E-state index < -0.39 is 54.3 Å². The SMILES string of the molecule is CCC(C)C(N)C(=O)NC(CCC(N)=O)C(=O)NC(CS)C(=O)NCC(=O)O. The Morgan fingerprint density at radius 1 is 1.04 bits per heavy atom. The van der Waals surface area contributed by atoms with Gasteiger partial charge in [0.15, 0.2) is 0 Å². The van der Waals surface area contributed by atoms with Gasteiger partial charge >= 0.3 is 5.97 Å². The van der Waals surface area contributed by atoms with Crippen molar-refractivity contribution < 1.29 is 29.1 Å². The molecule has 0 aromatic carbocycles. The summed E-state index contributed by atoms with van der Waals surface area (Å²) in [4.78, 5) is 58.3. The minimum Gasteiger partial charge on any atom is -0.480 e. The van der Waals surface area contributed by atoms with Crippen molar-refractivity contribution in [3.8, 4) is 0 Å². The lowest BCUT2D eigenvalue weighted by Gasteiger charge is -2.24. The van der Waals surface area contributed by atoms with Crippen LogP contribution in [0.25, 0.3) is 0 Å². The van der Waals surface area contributed by atoms with Crippen LogP contribution in [-0.2, 0) is 24.0 Å². The summed E-state index contributed by atoms with van der Waals surface area (Å²) in [6, 6.07) is -3.13. The lowest BCUT2D eigenvalue weighted by Crippen LogP contribution is -2.57. The standard InChI is InChI=1S/C16H29N5O6S/c1-3-8(2)13(18)16(27)20-9(4-5-11(17)22)15(26)21-10(7-28)14(25)19-6-12(23)24/h8-10,13,28H,3-7,18H2,1-2H3,(H2,17,22)(H,19,25)(H,20,27)(H,21,26)(H,23,24). The van der Waals surface area contributed by atoms with Crippen molar-refractivity contribution in [2.45, 2.75) is 51.2 Å². The molecule has 11 nitrogen and oxygen atoms in total. The molecule has 0 saturated carbocycles. The highest BCUT2D eigenvalue weighted by Crippen LogP contribution is 2.07. The zero-order valence-electron chi connectivity index (χ0n) is 15.9. The molecular weight excluding hydrogens is 390 g/mol. The molecule has 0 aliphatic heterocycles. The molecule has 0 saturated heterocycles. The number of hydrogen-bond acceptors (Lipinski definition) is 7. The van der Waals surface area contributed by atoms with Crippen molar-refractivity contribution in [2.24, 2.45) is 17.4 Å². The highest BCUT2D eigenvalue weighted by atomic mass is 32.1. The predicted octanol–water partition coefficient (Wildman–Crippen LogP) is -2.27. The van der Waals surface area contributed by atoms with Crippen LogP contribution < -0.4 is 27.4 Å². The van der Waals surface area contributed by atoms with Crippen LogP contribution in [0.15, 0.2) is 0 Å². The Bertz CT molecular complexity index is 588. The molecular formula is C16H29N5O6S. The van der Waals surface area contributed by atoms with Gasteiger partial charge in [0.1, 0.15) is 18.6 Å². The molecule has 0 fully saturated rings. The van der Waals surface area contributed by atoms with Gasteiger partial charge in [0.25, 0.3) is 0 Å². The number of carboxylic acid groups (broad SMARTS) is 1. The Kier molecular flexibility index (Phi) is 11.9. The Balaban J connectivity index is 5.12. The number of aliphatic carboxylic acids is 1. The highest BCUT2D eigenvalue weighted by Gasteiger charge is 2.29. The van der Waals surface area contributed by atoms with Gasteiger partial charge in [-0.05, 0) is 12.3 Å². The molecule has 0 aromatic heterocycles. The van der Waals surface area contributed by atoms with Crippen molar-refractivity contribution in [3.63, 3.8) is 0 Å². The molecule has 0 aromatic rings. The average Bonchev–Trinajstić information content (AvgIpc) is 2.65. The first-order valence-corrected chi connectivity index (χ1v) is 9.41. The number of thiol groups is 1. The predicted molar refractivity (Wildman–Crippen MR) is 104 cm³/mol. The number of carbonyl (C=O) groups excluding carboxylic acids is 4. The van der Waals surface area contributed by atoms with Gasteiger partial charge in [-0.2, -0.15) is 12.6 Å². The number of nitrogens with one attached hydrogen (secondary N) is 3. The maximum atomic E-state index is 12.5. The Labute approximate surface area is 168 Å². The zero-order chi connectivity index (χ0) is 21.9. The molecule has 0 rings (SSSR count). The summed E-state index contributed by atoms with van der Waals surface area (Å²) < 4.78 is 0. The van der Waals surface area contributed by atoms with Crippen LogP contribution in [0.5, 0.6) is 0 Å². The third-order valence-electron chi connectivity index (χ3n) is 4.10. The molecule has 0 bridgehead atoms. The van der Waals surface area contributed by atoms with Crippen LogP contribution in [0.3, 0.4) is 0 Å². The molecule has 160 valence electrons. The third-order valence-corrected chi connectivity index (χ3v) is 4.47. The van der Waals surface area contributed by atoms with Gasteiger partial charge in [-0.3, -0.25) is 24.0 Å². The first kappa shape index (κ1) is 25.7. The Hall–Kier alpha value is -2.34. The van der Waals surface area contributed by atoms with Crippen molar-refractivity contribution in [1.82, 2.24) is 16.0 Å². The van der Waals surface area contributed by atoms with E-state index in [0.717, 1.165) is 0 Å². The minimum atomic E-state index is -1.25. The number of primary amides is 1. The number of amides is 4. The molecule has 8 N–H and O–H groups in total. The Morgan fingerprint density at radius 3 is 2.07 bits per heavy atom. The van der Waals surface area contributed by atoms with Crippen LogP contribution in [0, 0.1) is 5.92 Å². The summed E-state index contributed by atoms with van der Waals surface area (Å²) in [6.07, 6.45) is 0.391. The molecule has 4 atom stereocenters. The Morgan fingerprint density at radius 2 is 1.61 bits per heavy atom. The fourth-order valence-corrected chi connectivity index (χ4v) is 2.35. The molecule has 28 heavy (non-hydrogen) atoms. The highest BCUT2D eigenvalue weighted by molar-refractivity contribution is 7.80. The van der Waals surface area contributed by atoms with Crippen LogP contribution in [-0.4, -0.2) is 65.1 Å². The monoisotopic (exact) mass is 419 g/mol. The lowest BCUT2D eigenvalue weighted by molar-refractivity contribution is -0.138. The van der Waals surface area contributed by atoms with Crippen LogP contribution in [0.2, 0.25) is 0 Å². The van der Waals surface area contributed by atoms with Gasteiger partial charge in [0.2, 0.25) is 23.6 Å². The van der Waals surface area contributed by atoms with Crippen molar-refractivity contribution in [3.05, 3.63) is 0 Å². The molecule has 0 aliphatic rings. The van der Waals surface area contributed by atoms with Gasteiger partial charge < -0.3 is 32.5 Å². The van der Waals surface area contributed by atoms with Crippen molar-refractivity contribution in [2.75, 3.05) is 12.3 Å². The summed E-state index contributed by atoms with van der Waals surface area (Å²) in [6.45, 7) is 3.03. The quantitative estimate of drug-likeness (QED) is 0.163. The summed E-state index contributed by atoms with van der Waals surface area (Å²) >= 11 is 3.97. The summed E-state index contributed by atoms with van der Waals surface area (Å²) in [5, 5.41) is 15.6. The van der Waals surface area contributed by atoms with Gasteiger partial charge in [-0.1, -0.05) is 20.3 Å². The molecule has 0 radical (unpaired) electrons. The number of rotatable bonds is 13. The first-order valence-electron chi connectivity index (χ1n) is 8.78. The number of carbonyl (C=O) groups is 5. The molecule has 0 spiro atoms. The van der Waals surface area contributed by atoms with E-state index in [0.29, 0.717) is 6.42 Å². The summed E-state index contributed by atoms with van der Waals surface area (Å²) in [5.41, 5.74) is 11.0. The normalized spacial score (nSPS) is 14.9. The van der Waals surface area contributed by atoms with E-state index in [1.807, 2.05) is 6.92 Å². The van der Waals surface area contributed by atoms with Crippen molar-refractivity contribution >= 4 is 42.2 Å². The number of nitrogens with two attached hydrogens (primary N) is 2. The maximum absolute atomic E-state index is 12.5. The third kappa shape index (κ3) is 9.55. The van der Waals surface area contributed by atoms with E-state index in [-0.39, 0.29) is 24.5 Å². The topological polar surface area (TPSA) is 194 Å². The van der Waals surface area contributed by atoms with E-state index in [9.17, 15) is 24.0 Å². The van der Waals surface area contributed by atoms with Crippen LogP contribution in [0.1, 0.15) is 33.1 Å². The summed E-state index contributed by atoms with van der Waals surface area (Å²) in [5.74, 6) is -4.22. The van der Waals surface area contributed by atoms with Gasteiger partial charge in [-0.15, -0.1) is 0 Å². The van der Waals surface area contributed by atoms with E-state index >= 15 is 0 Å². The molecule has 4 amide bonds. The first-order chi connectivity index (χ1) is 13.0. The second-order valence-corrected chi connectivity index (χ2v) is 6.70. The number of hydrogen-bond donors (Lipinski definition) is 7. The second kappa shape index (κ2) is 12.9. The van der Waals surface area contributed by atoms with E-state index in [1.165, 1.54) is 0 Å². The van der Waals surface area contributed by atoms with Gasteiger partial charge in [-0.25, -0.2) is 0 Å². The van der Waals surface area contributed by atoms with Gasteiger partial charge in [0.05, 0.1) is 6.04 Å². The molecule has 4 unspecified atom stereocenters. The fourth-order valence-electron chi connectivity index (χ4n) is 2.09. The minimum absolute atomic E-state index is 0.0871. The van der Waals surface area contributed by atoms with E-state index in [2.05, 4.69) is 28.6 Å². The molecule has 0 aliphatic carbocycles. The lowest BCUT2D eigenvalue weighted by atomic mass is 9.98. The zero-order valence-corrected chi connectivity index (χ0v) is 16.8.